The van der Waals surface area contributed by atoms with Crippen LogP contribution in [0.15, 0.2) is 67.0 Å². The average molecular weight is 405 g/mol. The number of nitrogens with zero attached hydrogens (tertiary/aromatic N) is 1. The van der Waals surface area contributed by atoms with Crippen LogP contribution in [0.5, 0.6) is 11.5 Å². The van der Waals surface area contributed by atoms with Crippen LogP contribution in [0.2, 0.25) is 0 Å². The molecule has 0 aliphatic carbocycles. The lowest BCUT2D eigenvalue weighted by molar-refractivity contribution is -0.114. The van der Waals surface area contributed by atoms with Crippen LogP contribution in [0.25, 0.3) is 6.08 Å². The summed E-state index contributed by atoms with van der Waals surface area (Å²) in [5.74, 6) is -0.734. The first-order valence-electron chi connectivity index (χ1n) is 9.15. The Bertz CT molecular complexity index is 1100. The van der Waals surface area contributed by atoms with Gasteiger partial charge in [-0.1, -0.05) is 12.1 Å². The maximum absolute atomic E-state index is 14.3. The van der Waals surface area contributed by atoms with Gasteiger partial charge in [0, 0.05) is 19.2 Å². The summed E-state index contributed by atoms with van der Waals surface area (Å²) in [6, 6.07) is 13.0. The average Bonchev–Trinajstić information content (AvgIpc) is 2.71. The van der Waals surface area contributed by atoms with Gasteiger partial charge in [0.1, 0.15) is 5.75 Å². The highest BCUT2D eigenvalue weighted by molar-refractivity contribution is 6.05. The molecular weight excluding hydrogens is 385 g/mol. The van der Waals surface area contributed by atoms with Gasteiger partial charge in [-0.15, -0.1) is 0 Å². The first-order chi connectivity index (χ1) is 14.4. The summed E-state index contributed by atoms with van der Waals surface area (Å²) in [4.78, 5) is 27.5. The number of carbonyl (C=O) groups excluding carboxylic acids is 2. The number of amides is 2. The second-order valence-electron chi connectivity index (χ2n) is 6.53. The van der Waals surface area contributed by atoms with Crippen LogP contribution in [0.1, 0.15) is 18.1 Å². The number of nitrogens with one attached hydrogen (secondary N) is 2. The Morgan fingerprint density at radius 2 is 1.90 bits per heavy atom. The van der Waals surface area contributed by atoms with E-state index in [4.69, 9.17) is 4.74 Å². The van der Waals surface area contributed by atoms with Crippen LogP contribution in [-0.2, 0) is 9.59 Å². The zero-order valence-corrected chi connectivity index (χ0v) is 16.5. The Hall–Kier alpha value is -4.00. The highest BCUT2D eigenvalue weighted by Gasteiger charge is 2.08. The van der Waals surface area contributed by atoms with Crippen LogP contribution in [0.3, 0.4) is 0 Å². The standard InChI is InChI=1S/C23H20FN3O3/c1-15-5-8-20(26-16(2)28)21(12-15)27-23(29)10-7-17-6-9-22(19(24)13-17)30-18-4-3-11-25-14-18/h3-14H,1-2H3,(H,26,28)(H,27,29)/b10-7+. The molecule has 7 heteroatoms. The molecule has 1 aromatic heterocycles. The summed E-state index contributed by atoms with van der Waals surface area (Å²) in [5.41, 5.74) is 2.39. The molecule has 3 aromatic rings. The third-order valence-electron chi connectivity index (χ3n) is 3.99. The van der Waals surface area contributed by atoms with Crippen LogP contribution in [-0.4, -0.2) is 16.8 Å². The number of carbonyl (C=O) groups is 2. The van der Waals surface area contributed by atoms with Crippen LogP contribution in [0, 0.1) is 12.7 Å². The van der Waals surface area contributed by atoms with Crippen LogP contribution >= 0.6 is 0 Å². The topological polar surface area (TPSA) is 80.3 Å². The molecule has 152 valence electrons. The van der Waals surface area contributed by atoms with Gasteiger partial charge in [-0.25, -0.2) is 4.39 Å². The number of anilines is 2. The van der Waals surface area contributed by atoms with Crippen LogP contribution in [0.4, 0.5) is 15.8 Å². The van der Waals surface area contributed by atoms with E-state index in [2.05, 4.69) is 15.6 Å². The Morgan fingerprint density at radius 1 is 1.07 bits per heavy atom. The van der Waals surface area contributed by atoms with E-state index < -0.39 is 11.7 Å². The van der Waals surface area contributed by atoms with E-state index in [0.29, 0.717) is 22.7 Å². The van der Waals surface area contributed by atoms with Crippen molar-refractivity contribution < 1.29 is 18.7 Å². The second-order valence-corrected chi connectivity index (χ2v) is 6.53. The first kappa shape index (κ1) is 20.7. The van der Waals surface area contributed by atoms with E-state index in [1.54, 1.807) is 36.5 Å². The molecule has 0 aliphatic rings. The van der Waals surface area contributed by atoms with Crippen molar-refractivity contribution in [3.8, 4) is 11.5 Å². The fourth-order valence-electron chi connectivity index (χ4n) is 2.64. The summed E-state index contributed by atoms with van der Waals surface area (Å²) < 4.78 is 19.8. The molecule has 30 heavy (non-hydrogen) atoms. The van der Waals surface area contributed by atoms with Crippen LogP contribution < -0.4 is 15.4 Å². The number of hydrogen-bond acceptors (Lipinski definition) is 4. The van der Waals surface area contributed by atoms with Crippen molar-refractivity contribution in [3.63, 3.8) is 0 Å². The second kappa shape index (κ2) is 9.47. The molecule has 3 rings (SSSR count). The smallest absolute Gasteiger partial charge is 0.248 e. The minimum atomic E-state index is -0.562. The Labute approximate surface area is 173 Å². The van der Waals surface area contributed by atoms with Gasteiger partial charge >= 0.3 is 0 Å². The molecule has 1 heterocycles. The van der Waals surface area contributed by atoms with E-state index >= 15 is 0 Å². The van der Waals surface area contributed by atoms with E-state index in [1.807, 2.05) is 13.0 Å². The monoisotopic (exact) mass is 405 g/mol. The summed E-state index contributed by atoms with van der Waals surface area (Å²) in [6.07, 6.45) is 5.85. The SMILES string of the molecule is CC(=O)Nc1ccc(C)cc1NC(=O)/C=C/c1ccc(Oc2cccnc2)c(F)c1. The summed E-state index contributed by atoms with van der Waals surface area (Å²) >= 11 is 0. The zero-order valence-electron chi connectivity index (χ0n) is 16.5. The fraction of sp³-hybridized carbons (Fsp3) is 0.0870. The van der Waals surface area contributed by atoms with Crippen molar-refractivity contribution in [2.24, 2.45) is 0 Å². The van der Waals surface area contributed by atoms with Crippen molar-refractivity contribution in [1.29, 1.82) is 0 Å². The largest absolute Gasteiger partial charge is 0.453 e. The third kappa shape index (κ3) is 5.75. The van der Waals surface area contributed by atoms with E-state index in [9.17, 15) is 14.0 Å². The quantitative estimate of drug-likeness (QED) is 0.570. The van der Waals surface area contributed by atoms with Gasteiger partial charge in [-0.2, -0.15) is 0 Å². The van der Waals surface area contributed by atoms with Crippen molar-refractivity contribution in [2.75, 3.05) is 10.6 Å². The number of aryl methyl sites for hydroxylation is 1. The number of benzene rings is 2. The van der Waals surface area contributed by atoms with Gasteiger partial charge in [0.15, 0.2) is 11.6 Å². The molecule has 2 amide bonds. The summed E-state index contributed by atoms with van der Waals surface area (Å²) in [5, 5.41) is 5.39. The fourth-order valence-corrected chi connectivity index (χ4v) is 2.64. The molecule has 0 saturated heterocycles. The number of hydrogen-bond donors (Lipinski definition) is 2. The minimum Gasteiger partial charge on any atom is -0.453 e. The molecule has 0 saturated carbocycles. The van der Waals surface area contributed by atoms with Crippen molar-refractivity contribution in [3.05, 3.63) is 83.9 Å². The molecule has 0 unspecified atom stereocenters. The number of pyridine rings is 1. The highest BCUT2D eigenvalue weighted by atomic mass is 19.1. The molecular formula is C23H20FN3O3. The van der Waals surface area contributed by atoms with Gasteiger partial charge in [0.05, 0.1) is 17.6 Å². The lowest BCUT2D eigenvalue weighted by Gasteiger charge is -2.11. The Kier molecular flexibility index (Phi) is 6.54. The lowest BCUT2D eigenvalue weighted by atomic mass is 10.1. The zero-order chi connectivity index (χ0) is 21.5. The Balaban J connectivity index is 1.69. The number of ether oxygens (including phenoxy) is 1. The predicted octanol–water partition coefficient (Wildman–Crippen LogP) is 4.93. The molecule has 0 radical (unpaired) electrons. The molecule has 0 aliphatic heterocycles. The van der Waals surface area contributed by atoms with E-state index in [-0.39, 0.29) is 11.7 Å². The molecule has 0 bridgehead atoms. The van der Waals surface area contributed by atoms with Gasteiger partial charge < -0.3 is 15.4 Å². The molecule has 0 fully saturated rings. The third-order valence-corrected chi connectivity index (χ3v) is 3.99. The first-order valence-corrected chi connectivity index (χ1v) is 9.15. The van der Waals surface area contributed by atoms with Gasteiger partial charge in [0.25, 0.3) is 0 Å². The summed E-state index contributed by atoms with van der Waals surface area (Å²) in [6.45, 7) is 3.27. The van der Waals surface area contributed by atoms with Crippen molar-refractivity contribution in [2.45, 2.75) is 13.8 Å². The molecule has 0 spiro atoms. The maximum atomic E-state index is 14.3. The number of rotatable bonds is 6. The number of aromatic nitrogens is 1. The highest BCUT2D eigenvalue weighted by Crippen LogP contribution is 2.25. The van der Waals surface area contributed by atoms with Gasteiger partial charge in [-0.05, 0) is 60.5 Å². The number of halogens is 1. The van der Waals surface area contributed by atoms with Crippen molar-refractivity contribution >= 4 is 29.3 Å². The summed E-state index contributed by atoms with van der Waals surface area (Å²) in [7, 11) is 0. The molecule has 6 nitrogen and oxygen atoms in total. The van der Waals surface area contributed by atoms with E-state index in [1.165, 1.54) is 37.4 Å². The van der Waals surface area contributed by atoms with Crippen molar-refractivity contribution in [1.82, 2.24) is 4.98 Å². The lowest BCUT2D eigenvalue weighted by Crippen LogP contribution is -2.13. The molecule has 2 N–H and O–H groups in total. The van der Waals surface area contributed by atoms with Gasteiger partial charge in [0.2, 0.25) is 11.8 Å². The van der Waals surface area contributed by atoms with E-state index in [0.717, 1.165) is 5.56 Å². The normalized spacial score (nSPS) is 10.6. The molecule has 2 aromatic carbocycles. The predicted molar refractivity (Wildman–Crippen MR) is 114 cm³/mol. The molecule has 0 atom stereocenters. The maximum Gasteiger partial charge on any atom is 0.248 e. The Morgan fingerprint density at radius 3 is 2.60 bits per heavy atom. The minimum absolute atomic E-state index is 0.0595. The van der Waals surface area contributed by atoms with Gasteiger partial charge in [-0.3, -0.25) is 14.6 Å².